The maximum Gasteiger partial charge on any atom is 0.140 e. The van der Waals surface area contributed by atoms with Gasteiger partial charge in [-0.1, -0.05) is 6.07 Å². The van der Waals surface area contributed by atoms with Crippen molar-refractivity contribution in [2.45, 2.75) is 45.8 Å². The van der Waals surface area contributed by atoms with Crippen LogP contribution >= 0.6 is 11.3 Å². The average molecular weight is 288 g/mol. The van der Waals surface area contributed by atoms with Crippen molar-refractivity contribution in [1.29, 1.82) is 0 Å². The van der Waals surface area contributed by atoms with Crippen LogP contribution in [0.5, 0.6) is 5.75 Å². The maximum atomic E-state index is 5.85. The second-order valence-electron chi connectivity index (χ2n) is 5.43. The molecule has 2 N–H and O–H groups in total. The average Bonchev–Trinajstić information content (AvgIpc) is 3.20. The predicted molar refractivity (Wildman–Crippen MR) is 82.2 cm³/mol. The first-order valence-electron chi connectivity index (χ1n) is 7.06. The van der Waals surface area contributed by atoms with E-state index in [1.54, 1.807) is 11.3 Å². The van der Waals surface area contributed by atoms with Crippen LogP contribution in [0.4, 0.5) is 0 Å². The molecule has 2 aromatic rings. The van der Waals surface area contributed by atoms with Crippen LogP contribution in [-0.2, 0) is 13.2 Å². The largest absolute Gasteiger partial charge is 0.486 e. The SMILES string of the molecule is Cc1ccc(OCc2nc(C3CC3)c(CN)s2)cc1C. The highest BCUT2D eigenvalue weighted by Crippen LogP contribution is 2.42. The third-order valence-electron chi connectivity index (χ3n) is 3.76. The summed E-state index contributed by atoms with van der Waals surface area (Å²) in [6.07, 6.45) is 2.52. The lowest BCUT2D eigenvalue weighted by Crippen LogP contribution is -1.97. The fraction of sp³-hybridized carbons (Fsp3) is 0.438. The summed E-state index contributed by atoms with van der Waals surface area (Å²) >= 11 is 1.69. The highest BCUT2D eigenvalue weighted by Gasteiger charge is 2.29. The quantitative estimate of drug-likeness (QED) is 0.913. The fourth-order valence-corrected chi connectivity index (χ4v) is 3.19. The first-order valence-corrected chi connectivity index (χ1v) is 7.87. The molecule has 1 aliphatic rings. The molecule has 106 valence electrons. The lowest BCUT2D eigenvalue weighted by atomic mass is 10.1. The zero-order chi connectivity index (χ0) is 14.1. The third kappa shape index (κ3) is 2.86. The van der Waals surface area contributed by atoms with E-state index < -0.39 is 0 Å². The molecule has 1 aromatic heterocycles. The lowest BCUT2D eigenvalue weighted by Gasteiger charge is -2.06. The molecule has 0 saturated heterocycles. The Bertz CT molecular complexity index is 617. The molecule has 0 aliphatic heterocycles. The van der Waals surface area contributed by atoms with E-state index in [9.17, 15) is 0 Å². The maximum absolute atomic E-state index is 5.85. The summed E-state index contributed by atoms with van der Waals surface area (Å²) in [5, 5.41) is 1.03. The number of benzene rings is 1. The Labute approximate surface area is 123 Å². The van der Waals surface area contributed by atoms with Crippen molar-refractivity contribution in [1.82, 2.24) is 4.98 Å². The van der Waals surface area contributed by atoms with Crippen LogP contribution in [0, 0.1) is 13.8 Å². The van der Waals surface area contributed by atoms with Gasteiger partial charge in [-0.3, -0.25) is 0 Å². The third-order valence-corrected chi connectivity index (χ3v) is 4.83. The molecule has 1 aromatic carbocycles. The highest BCUT2D eigenvalue weighted by atomic mass is 32.1. The van der Waals surface area contributed by atoms with Crippen LogP contribution in [0.2, 0.25) is 0 Å². The van der Waals surface area contributed by atoms with Gasteiger partial charge in [0.05, 0.1) is 5.69 Å². The molecule has 0 amide bonds. The monoisotopic (exact) mass is 288 g/mol. The summed E-state index contributed by atoms with van der Waals surface area (Å²) in [5.74, 6) is 1.56. The Kier molecular flexibility index (Phi) is 3.76. The Balaban J connectivity index is 1.70. The summed E-state index contributed by atoms with van der Waals surface area (Å²) in [7, 11) is 0. The van der Waals surface area contributed by atoms with Crippen LogP contribution in [0.25, 0.3) is 0 Å². The van der Waals surface area contributed by atoms with Gasteiger partial charge >= 0.3 is 0 Å². The minimum Gasteiger partial charge on any atom is -0.486 e. The van der Waals surface area contributed by atoms with E-state index in [1.165, 1.54) is 34.5 Å². The normalized spacial score (nSPS) is 14.6. The molecular formula is C16H20N2OS. The van der Waals surface area contributed by atoms with Crippen LogP contribution in [0.1, 0.15) is 45.5 Å². The summed E-state index contributed by atoms with van der Waals surface area (Å²) in [4.78, 5) is 5.94. The first kappa shape index (κ1) is 13.6. The molecule has 1 fully saturated rings. The summed E-state index contributed by atoms with van der Waals surface area (Å²) in [5.41, 5.74) is 9.56. The van der Waals surface area contributed by atoms with Crippen molar-refractivity contribution in [2.75, 3.05) is 0 Å². The van der Waals surface area contributed by atoms with E-state index in [0.29, 0.717) is 19.1 Å². The highest BCUT2D eigenvalue weighted by molar-refractivity contribution is 7.11. The molecule has 1 heterocycles. The Morgan fingerprint density at radius 1 is 1.30 bits per heavy atom. The van der Waals surface area contributed by atoms with Crippen LogP contribution in [0.3, 0.4) is 0 Å². The van der Waals surface area contributed by atoms with E-state index in [4.69, 9.17) is 15.5 Å². The summed E-state index contributed by atoms with van der Waals surface area (Å²) in [6, 6.07) is 6.18. The molecule has 0 bridgehead atoms. The molecule has 4 heteroatoms. The number of hydrogen-bond acceptors (Lipinski definition) is 4. The Morgan fingerprint density at radius 3 is 2.75 bits per heavy atom. The Morgan fingerprint density at radius 2 is 2.10 bits per heavy atom. The number of ether oxygens (including phenoxy) is 1. The molecule has 3 nitrogen and oxygen atoms in total. The van der Waals surface area contributed by atoms with Gasteiger partial charge in [-0.15, -0.1) is 11.3 Å². The van der Waals surface area contributed by atoms with Crippen molar-refractivity contribution >= 4 is 11.3 Å². The van der Waals surface area contributed by atoms with Crippen LogP contribution in [-0.4, -0.2) is 4.98 Å². The van der Waals surface area contributed by atoms with E-state index >= 15 is 0 Å². The molecular weight excluding hydrogens is 268 g/mol. The molecule has 0 radical (unpaired) electrons. The van der Waals surface area contributed by atoms with E-state index in [2.05, 4.69) is 26.0 Å². The topological polar surface area (TPSA) is 48.1 Å². The number of nitrogens with zero attached hydrogens (tertiary/aromatic N) is 1. The number of hydrogen-bond donors (Lipinski definition) is 1. The van der Waals surface area contributed by atoms with E-state index in [0.717, 1.165) is 10.8 Å². The zero-order valence-corrected chi connectivity index (χ0v) is 12.8. The van der Waals surface area contributed by atoms with E-state index in [-0.39, 0.29) is 0 Å². The standard InChI is InChI=1S/C16H20N2OS/c1-10-3-6-13(7-11(10)2)19-9-15-18-16(12-4-5-12)14(8-17)20-15/h3,6-7,12H,4-5,8-9,17H2,1-2H3. The first-order chi connectivity index (χ1) is 9.67. The van der Waals surface area contributed by atoms with Gasteiger partial charge in [0.25, 0.3) is 0 Å². The summed E-state index contributed by atoms with van der Waals surface area (Å²) < 4.78 is 5.85. The van der Waals surface area contributed by atoms with Gasteiger partial charge in [0.15, 0.2) is 0 Å². The van der Waals surface area contributed by atoms with Gasteiger partial charge in [0.1, 0.15) is 17.4 Å². The van der Waals surface area contributed by atoms with Gasteiger partial charge in [0.2, 0.25) is 0 Å². The second kappa shape index (κ2) is 5.54. The van der Waals surface area contributed by atoms with Crippen molar-refractivity contribution in [3.8, 4) is 5.75 Å². The smallest absolute Gasteiger partial charge is 0.140 e. The minimum absolute atomic E-state index is 0.535. The zero-order valence-electron chi connectivity index (χ0n) is 12.0. The number of thiazole rings is 1. The van der Waals surface area contributed by atoms with Crippen molar-refractivity contribution < 1.29 is 4.74 Å². The van der Waals surface area contributed by atoms with Crippen molar-refractivity contribution in [3.05, 3.63) is 44.9 Å². The molecule has 0 atom stereocenters. The van der Waals surface area contributed by atoms with Crippen LogP contribution < -0.4 is 10.5 Å². The number of rotatable bonds is 5. The van der Waals surface area contributed by atoms with Gasteiger partial charge in [0, 0.05) is 17.3 Å². The molecule has 1 aliphatic carbocycles. The van der Waals surface area contributed by atoms with Gasteiger partial charge in [-0.05, 0) is 49.9 Å². The predicted octanol–water partition coefficient (Wildman–Crippen LogP) is 3.68. The minimum atomic E-state index is 0.535. The summed E-state index contributed by atoms with van der Waals surface area (Å²) in [6.45, 7) is 5.33. The van der Waals surface area contributed by atoms with E-state index in [1.807, 2.05) is 6.07 Å². The lowest BCUT2D eigenvalue weighted by molar-refractivity contribution is 0.305. The Hall–Kier alpha value is -1.39. The molecule has 20 heavy (non-hydrogen) atoms. The van der Waals surface area contributed by atoms with Crippen LogP contribution in [0.15, 0.2) is 18.2 Å². The molecule has 3 rings (SSSR count). The molecule has 0 unspecified atom stereocenters. The van der Waals surface area contributed by atoms with Gasteiger partial charge in [-0.25, -0.2) is 4.98 Å². The van der Waals surface area contributed by atoms with Gasteiger partial charge < -0.3 is 10.5 Å². The van der Waals surface area contributed by atoms with Gasteiger partial charge in [-0.2, -0.15) is 0 Å². The fourth-order valence-electron chi connectivity index (χ4n) is 2.25. The van der Waals surface area contributed by atoms with Crippen molar-refractivity contribution in [2.24, 2.45) is 5.73 Å². The molecule has 1 saturated carbocycles. The van der Waals surface area contributed by atoms with Crippen molar-refractivity contribution in [3.63, 3.8) is 0 Å². The number of aromatic nitrogens is 1. The number of aryl methyl sites for hydroxylation is 2. The second-order valence-corrected chi connectivity index (χ2v) is 6.60. The number of nitrogens with two attached hydrogens (primary N) is 1. The molecule has 0 spiro atoms.